The normalized spacial score (nSPS) is 29.9. The van der Waals surface area contributed by atoms with Crippen LogP contribution in [0.5, 0.6) is 5.75 Å². The molecule has 1 saturated heterocycles. The Morgan fingerprint density at radius 2 is 2.09 bits per heavy atom. The molecule has 6 N–H and O–H groups in total. The zero-order valence-corrected chi connectivity index (χ0v) is 12.0. The van der Waals surface area contributed by atoms with Crippen LogP contribution in [-0.2, 0) is 4.74 Å². The monoisotopic (exact) mass is 316 g/mol. The molecule has 5 atom stereocenters. The molecule has 2 rings (SSSR count). The van der Waals surface area contributed by atoms with E-state index in [0.29, 0.717) is 12.4 Å². The number of anilines is 1. The third-order valence-corrected chi connectivity index (χ3v) is 3.33. The van der Waals surface area contributed by atoms with Crippen molar-refractivity contribution in [1.29, 1.82) is 0 Å². The van der Waals surface area contributed by atoms with Gasteiger partial charge in [-0.1, -0.05) is 0 Å². The van der Waals surface area contributed by atoms with Crippen LogP contribution in [0.4, 0.5) is 11.4 Å². The lowest BCUT2D eigenvalue weighted by Gasteiger charge is -2.36. The van der Waals surface area contributed by atoms with Gasteiger partial charge in [0, 0.05) is 6.07 Å². The molecule has 1 heterocycles. The SMILES string of the molecule is CCOc1ccc(N[C@@H]2OC[C@@H](O)[C@H](O)[C@H]2O)c([NH+]([O-])O)c1. The van der Waals surface area contributed by atoms with Crippen molar-refractivity contribution in [1.82, 2.24) is 0 Å². The standard InChI is InChI=1S/C13H20N2O7/c1-2-21-7-3-4-8(9(5-7)15(19)20)14-13-12(18)11(17)10(16)6-22-13/h3-5,10-19H,2,6H2,1H3/t10-,11+,12-,13-/m1/s1. The van der Waals surface area contributed by atoms with Crippen LogP contribution < -0.4 is 15.3 Å². The molecule has 0 saturated carbocycles. The first-order chi connectivity index (χ1) is 10.4. The highest BCUT2D eigenvalue weighted by molar-refractivity contribution is 5.64. The molecular formula is C13H20N2O7. The second kappa shape index (κ2) is 7.20. The van der Waals surface area contributed by atoms with Crippen LogP contribution in [0.15, 0.2) is 18.2 Å². The third-order valence-electron chi connectivity index (χ3n) is 3.33. The minimum atomic E-state index is -1.39. The minimum absolute atomic E-state index is 0.0534. The number of aliphatic hydroxyl groups is 3. The van der Waals surface area contributed by atoms with E-state index in [4.69, 9.17) is 9.47 Å². The maximum atomic E-state index is 11.3. The second-order valence-electron chi connectivity index (χ2n) is 4.89. The van der Waals surface area contributed by atoms with Gasteiger partial charge >= 0.3 is 0 Å². The van der Waals surface area contributed by atoms with Gasteiger partial charge in [0.15, 0.2) is 11.9 Å². The fourth-order valence-corrected chi connectivity index (χ4v) is 2.17. The first-order valence-corrected chi connectivity index (χ1v) is 6.86. The molecule has 0 amide bonds. The van der Waals surface area contributed by atoms with E-state index in [2.05, 4.69) is 5.32 Å². The van der Waals surface area contributed by atoms with Crippen LogP contribution in [0.3, 0.4) is 0 Å². The number of ether oxygens (including phenoxy) is 2. The summed E-state index contributed by atoms with van der Waals surface area (Å²) in [7, 11) is 0. The molecule has 0 spiro atoms. The molecule has 1 aliphatic heterocycles. The molecule has 9 nitrogen and oxygen atoms in total. The summed E-state index contributed by atoms with van der Waals surface area (Å²) >= 11 is 0. The van der Waals surface area contributed by atoms with E-state index < -0.39 is 29.8 Å². The Kier molecular flexibility index (Phi) is 5.53. The van der Waals surface area contributed by atoms with Crippen LogP contribution in [0.2, 0.25) is 0 Å². The summed E-state index contributed by atoms with van der Waals surface area (Å²) in [6.45, 7) is 2.02. The van der Waals surface area contributed by atoms with E-state index in [1.54, 1.807) is 13.0 Å². The molecular weight excluding hydrogens is 296 g/mol. The summed E-state index contributed by atoms with van der Waals surface area (Å²) < 4.78 is 10.4. The first kappa shape index (κ1) is 16.9. The van der Waals surface area contributed by atoms with Crippen LogP contribution in [-0.4, -0.2) is 58.3 Å². The Morgan fingerprint density at radius 3 is 2.73 bits per heavy atom. The largest absolute Gasteiger partial charge is 0.595 e. The van der Waals surface area contributed by atoms with Gasteiger partial charge in [-0.05, 0) is 19.1 Å². The number of aliphatic hydroxyl groups excluding tert-OH is 3. The summed E-state index contributed by atoms with van der Waals surface area (Å²) in [4.78, 5) is 0. The molecule has 1 aliphatic rings. The molecule has 1 aromatic rings. The molecule has 22 heavy (non-hydrogen) atoms. The fourth-order valence-electron chi connectivity index (χ4n) is 2.17. The highest BCUT2D eigenvalue weighted by Crippen LogP contribution is 2.27. The van der Waals surface area contributed by atoms with Crippen molar-refractivity contribution in [3.8, 4) is 5.75 Å². The van der Waals surface area contributed by atoms with Crippen LogP contribution in [0.25, 0.3) is 0 Å². The smallest absolute Gasteiger partial charge is 0.190 e. The van der Waals surface area contributed by atoms with Gasteiger partial charge in [0.05, 0.1) is 13.2 Å². The molecule has 1 fully saturated rings. The maximum absolute atomic E-state index is 11.3. The summed E-state index contributed by atoms with van der Waals surface area (Å²) in [5.41, 5.74) is 0.158. The Hall–Kier alpha value is -1.46. The summed E-state index contributed by atoms with van der Waals surface area (Å²) in [5.74, 6) is 0.408. The molecule has 1 aromatic carbocycles. The van der Waals surface area contributed by atoms with Crippen molar-refractivity contribution in [3.05, 3.63) is 23.4 Å². The summed E-state index contributed by atoms with van der Waals surface area (Å²) in [6.07, 6.45) is -4.99. The van der Waals surface area contributed by atoms with Gasteiger partial charge in [-0.2, -0.15) is 5.23 Å². The molecule has 0 aliphatic carbocycles. The molecule has 0 bridgehead atoms. The number of quaternary nitrogens is 1. The van der Waals surface area contributed by atoms with Gasteiger partial charge in [-0.25, -0.2) is 5.21 Å². The average molecular weight is 316 g/mol. The zero-order valence-electron chi connectivity index (χ0n) is 12.0. The zero-order chi connectivity index (χ0) is 16.3. The fraction of sp³-hybridized carbons (Fsp3) is 0.538. The van der Waals surface area contributed by atoms with E-state index >= 15 is 0 Å². The second-order valence-corrected chi connectivity index (χ2v) is 4.89. The van der Waals surface area contributed by atoms with E-state index in [0.717, 1.165) is 0 Å². The lowest BCUT2D eigenvalue weighted by Crippen LogP contribution is -2.99. The number of nitrogens with one attached hydrogen (secondary N) is 2. The van der Waals surface area contributed by atoms with Gasteiger partial charge in [0.1, 0.15) is 29.7 Å². The summed E-state index contributed by atoms with van der Waals surface area (Å²) in [6, 6.07) is 4.43. The van der Waals surface area contributed by atoms with Gasteiger partial charge in [-0.3, -0.25) is 0 Å². The lowest BCUT2D eigenvalue weighted by molar-refractivity contribution is -0.990. The van der Waals surface area contributed by atoms with Gasteiger partial charge in [0.2, 0.25) is 0 Å². The van der Waals surface area contributed by atoms with Crippen molar-refractivity contribution in [2.24, 2.45) is 0 Å². The molecule has 0 aromatic heterocycles. The van der Waals surface area contributed by atoms with Crippen LogP contribution >= 0.6 is 0 Å². The predicted octanol–water partition coefficient (Wildman–Crippen LogP) is -1.66. The number of hydrogen-bond donors (Lipinski definition) is 6. The van der Waals surface area contributed by atoms with Crippen molar-refractivity contribution < 1.29 is 35.2 Å². The quantitative estimate of drug-likeness (QED) is 0.355. The van der Waals surface area contributed by atoms with E-state index in [9.17, 15) is 25.7 Å². The number of rotatable bonds is 5. The highest BCUT2D eigenvalue weighted by atomic mass is 16.8. The maximum Gasteiger partial charge on any atom is 0.190 e. The van der Waals surface area contributed by atoms with Gasteiger partial charge in [0.25, 0.3) is 0 Å². The topological polar surface area (TPSA) is 139 Å². The van der Waals surface area contributed by atoms with Crippen molar-refractivity contribution in [3.63, 3.8) is 0 Å². The van der Waals surface area contributed by atoms with Crippen molar-refractivity contribution in [2.45, 2.75) is 31.5 Å². The third kappa shape index (κ3) is 3.65. The number of hydrogen-bond acceptors (Lipinski definition) is 8. The summed E-state index contributed by atoms with van der Waals surface area (Å²) in [5, 5.41) is 51.0. The van der Waals surface area contributed by atoms with Crippen molar-refractivity contribution in [2.75, 3.05) is 18.5 Å². The Labute approximate surface area is 126 Å². The van der Waals surface area contributed by atoms with E-state index in [1.807, 2.05) is 0 Å². The van der Waals surface area contributed by atoms with Gasteiger partial charge < -0.3 is 35.3 Å². The van der Waals surface area contributed by atoms with Gasteiger partial charge in [-0.15, -0.1) is 0 Å². The number of benzene rings is 1. The van der Waals surface area contributed by atoms with E-state index in [1.165, 1.54) is 12.1 Å². The van der Waals surface area contributed by atoms with E-state index in [-0.39, 0.29) is 18.0 Å². The predicted molar refractivity (Wildman–Crippen MR) is 74.8 cm³/mol. The first-order valence-electron chi connectivity index (χ1n) is 6.86. The van der Waals surface area contributed by atoms with Crippen LogP contribution in [0.1, 0.15) is 6.92 Å². The van der Waals surface area contributed by atoms with Crippen LogP contribution in [0, 0.1) is 5.21 Å². The lowest BCUT2D eigenvalue weighted by atomic mass is 10.0. The molecule has 9 heteroatoms. The highest BCUT2D eigenvalue weighted by Gasteiger charge is 2.38. The molecule has 124 valence electrons. The Bertz CT molecular complexity index is 499. The average Bonchev–Trinajstić information content (AvgIpc) is 2.49. The molecule has 0 radical (unpaired) electrons. The molecule has 1 unspecified atom stereocenters. The Balaban J connectivity index is 2.18. The van der Waals surface area contributed by atoms with Crippen molar-refractivity contribution >= 4 is 11.4 Å². The minimum Gasteiger partial charge on any atom is -0.595 e. The Morgan fingerprint density at radius 1 is 1.36 bits per heavy atom.